The third-order valence-corrected chi connectivity index (χ3v) is 5.91. The maximum atomic E-state index is 12.7. The summed E-state index contributed by atoms with van der Waals surface area (Å²) >= 11 is 2.97. The number of hydrogen-bond acceptors (Lipinski definition) is 7. The predicted molar refractivity (Wildman–Crippen MR) is 97.5 cm³/mol. The van der Waals surface area contributed by atoms with Crippen LogP contribution in [0.4, 0.5) is 5.69 Å². The van der Waals surface area contributed by atoms with Gasteiger partial charge in [-0.2, -0.15) is 0 Å². The van der Waals surface area contributed by atoms with Crippen LogP contribution in [0.25, 0.3) is 0 Å². The number of non-ortho nitro benzene ring substituents is 1. The SMILES string of the molecule is COCCn1c(SCc2cccc([N+](=O)[O-])c2)nc2c(c1=O)SCC2. The van der Waals surface area contributed by atoms with Crippen molar-refractivity contribution in [3.05, 3.63) is 56.0 Å². The van der Waals surface area contributed by atoms with E-state index in [0.717, 1.165) is 28.3 Å². The van der Waals surface area contributed by atoms with E-state index in [1.54, 1.807) is 35.6 Å². The van der Waals surface area contributed by atoms with Crippen molar-refractivity contribution in [2.75, 3.05) is 19.5 Å². The number of nitro benzene ring substituents is 1. The van der Waals surface area contributed by atoms with Gasteiger partial charge in [0, 0.05) is 37.2 Å². The molecule has 0 amide bonds. The zero-order valence-corrected chi connectivity index (χ0v) is 15.3. The molecule has 0 aliphatic carbocycles. The van der Waals surface area contributed by atoms with E-state index < -0.39 is 4.92 Å². The Kier molecular flexibility index (Phi) is 5.77. The Morgan fingerprint density at radius 3 is 3.08 bits per heavy atom. The van der Waals surface area contributed by atoms with Crippen LogP contribution in [0.15, 0.2) is 39.1 Å². The molecule has 0 saturated carbocycles. The van der Waals surface area contributed by atoms with Crippen LogP contribution in [0.1, 0.15) is 11.3 Å². The molecule has 9 heteroatoms. The molecule has 2 aromatic rings. The van der Waals surface area contributed by atoms with E-state index in [4.69, 9.17) is 4.74 Å². The van der Waals surface area contributed by atoms with E-state index in [9.17, 15) is 14.9 Å². The molecule has 0 bridgehead atoms. The first-order valence-corrected chi connectivity index (χ1v) is 9.69. The highest BCUT2D eigenvalue weighted by molar-refractivity contribution is 7.99. The van der Waals surface area contributed by atoms with Crippen molar-refractivity contribution in [1.82, 2.24) is 9.55 Å². The van der Waals surface area contributed by atoms with Crippen LogP contribution in [0.5, 0.6) is 0 Å². The van der Waals surface area contributed by atoms with Gasteiger partial charge in [-0.15, -0.1) is 11.8 Å². The topological polar surface area (TPSA) is 87.3 Å². The number of aromatic nitrogens is 2. The summed E-state index contributed by atoms with van der Waals surface area (Å²) in [7, 11) is 1.59. The number of benzene rings is 1. The second-order valence-electron chi connectivity index (χ2n) is 5.43. The van der Waals surface area contributed by atoms with Crippen molar-refractivity contribution >= 4 is 29.2 Å². The first kappa shape index (κ1) is 18.0. The Hall–Kier alpha value is -1.84. The van der Waals surface area contributed by atoms with E-state index in [-0.39, 0.29) is 11.2 Å². The minimum atomic E-state index is -0.409. The fourth-order valence-corrected chi connectivity index (χ4v) is 4.55. The molecule has 0 atom stereocenters. The van der Waals surface area contributed by atoms with E-state index in [2.05, 4.69) is 4.98 Å². The average molecular weight is 379 g/mol. The number of nitrogens with zero attached hydrogens (tertiary/aromatic N) is 3. The monoisotopic (exact) mass is 379 g/mol. The summed E-state index contributed by atoms with van der Waals surface area (Å²) in [6, 6.07) is 6.51. The Balaban J connectivity index is 1.86. The first-order chi connectivity index (χ1) is 12.1. The van der Waals surface area contributed by atoms with Crippen molar-refractivity contribution in [2.45, 2.75) is 28.8 Å². The molecule has 1 aromatic carbocycles. The van der Waals surface area contributed by atoms with Gasteiger partial charge in [-0.05, 0) is 5.56 Å². The number of aryl methyl sites for hydroxylation is 1. The Labute approximate surface area is 152 Å². The van der Waals surface area contributed by atoms with Gasteiger partial charge in [0.25, 0.3) is 11.2 Å². The molecule has 0 saturated heterocycles. The normalized spacial score (nSPS) is 13.0. The fraction of sp³-hybridized carbons (Fsp3) is 0.375. The van der Waals surface area contributed by atoms with Crippen LogP contribution in [0.3, 0.4) is 0 Å². The summed E-state index contributed by atoms with van der Waals surface area (Å²) in [5, 5.41) is 11.5. The lowest BCUT2D eigenvalue weighted by Crippen LogP contribution is -2.27. The zero-order chi connectivity index (χ0) is 17.8. The number of rotatable bonds is 7. The van der Waals surface area contributed by atoms with Crippen molar-refractivity contribution in [3.8, 4) is 0 Å². The molecule has 3 rings (SSSR count). The highest BCUT2D eigenvalue weighted by atomic mass is 32.2. The summed E-state index contributed by atoms with van der Waals surface area (Å²) in [4.78, 5) is 28.6. The van der Waals surface area contributed by atoms with Crippen molar-refractivity contribution in [2.24, 2.45) is 0 Å². The lowest BCUT2D eigenvalue weighted by Gasteiger charge is -2.13. The molecule has 0 spiro atoms. The quantitative estimate of drug-likeness (QED) is 0.316. The molecule has 1 aromatic heterocycles. The van der Waals surface area contributed by atoms with Crippen LogP contribution < -0.4 is 5.56 Å². The molecule has 132 valence electrons. The standard InChI is InChI=1S/C16H17N3O4S2/c1-23-7-6-18-15(20)14-13(5-8-24-14)17-16(18)25-10-11-3-2-4-12(9-11)19(21)22/h2-4,9H,5-8,10H2,1H3. The van der Waals surface area contributed by atoms with Gasteiger partial charge in [-0.25, -0.2) is 4.98 Å². The van der Waals surface area contributed by atoms with Gasteiger partial charge in [-0.3, -0.25) is 19.5 Å². The summed E-state index contributed by atoms with van der Waals surface area (Å²) in [6.07, 6.45) is 0.796. The molecule has 0 unspecified atom stereocenters. The van der Waals surface area contributed by atoms with Crippen LogP contribution in [-0.2, 0) is 23.5 Å². The summed E-state index contributed by atoms with van der Waals surface area (Å²) in [5.74, 6) is 1.38. The second-order valence-corrected chi connectivity index (χ2v) is 7.48. The molecular weight excluding hydrogens is 362 g/mol. The molecule has 0 fully saturated rings. The van der Waals surface area contributed by atoms with Crippen molar-refractivity contribution in [3.63, 3.8) is 0 Å². The van der Waals surface area contributed by atoms with Gasteiger partial charge >= 0.3 is 0 Å². The van der Waals surface area contributed by atoms with Crippen LogP contribution in [0.2, 0.25) is 0 Å². The highest BCUT2D eigenvalue weighted by Crippen LogP contribution is 2.30. The third-order valence-electron chi connectivity index (χ3n) is 3.76. The van der Waals surface area contributed by atoms with Gasteiger partial charge in [0.2, 0.25) is 0 Å². The molecule has 7 nitrogen and oxygen atoms in total. The third kappa shape index (κ3) is 4.05. The van der Waals surface area contributed by atoms with Crippen molar-refractivity contribution < 1.29 is 9.66 Å². The van der Waals surface area contributed by atoms with Crippen LogP contribution >= 0.6 is 23.5 Å². The largest absolute Gasteiger partial charge is 0.383 e. The Bertz CT molecular complexity index is 854. The number of hydrogen-bond donors (Lipinski definition) is 0. The van der Waals surface area contributed by atoms with Crippen LogP contribution in [-0.4, -0.2) is 33.9 Å². The lowest BCUT2D eigenvalue weighted by molar-refractivity contribution is -0.384. The summed E-state index contributed by atoms with van der Waals surface area (Å²) < 4.78 is 6.74. The van der Waals surface area contributed by atoms with Gasteiger partial charge in [0.15, 0.2) is 5.16 Å². The van der Waals surface area contributed by atoms with E-state index in [0.29, 0.717) is 24.1 Å². The zero-order valence-electron chi connectivity index (χ0n) is 13.6. The molecule has 0 N–H and O–H groups in total. The van der Waals surface area contributed by atoms with E-state index >= 15 is 0 Å². The first-order valence-electron chi connectivity index (χ1n) is 7.71. The predicted octanol–water partition coefficient (Wildman–Crippen LogP) is 2.74. The molecule has 1 aliphatic heterocycles. The minimum absolute atomic E-state index is 0.0221. The number of fused-ring (bicyclic) bond motifs is 1. The number of methoxy groups -OCH3 is 1. The lowest BCUT2D eigenvalue weighted by atomic mass is 10.2. The van der Waals surface area contributed by atoms with E-state index in [1.807, 2.05) is 6.07 Å². The fourth-order valence-electron chi connectivity index (χ4n) is 2.52. The summed E-state index contributed by atoms with van der Waals surface area (Å²) in [5.41, 5.74) is 1.71. The number of ether oxygens (including phenoxy) is 1. The van der Waals surface area contributed by atoms with Crippen molar-refractivity contribution in [1.29, 1.82) is 0 Å². The van der Waals surface area contributed by atoms with Gasteiger partial charge in [0.1, 0.15) is 0 Å². The Morgan fingerprint density at radius 1 is 1.48 bits per heavy atom. The molecule has 1 aliphatic rings. The van der Waals surface area contributed by atoms with Crippen LogP contribution in [0, 0.1) is 10.1 Å². The molecular formula is C16H17N3O4S2. The number of thioether (sulfide) groups is 2. The van der Waals surface area contributed by atoms with E-state index in [1.165, 1.54) is 17.8 Å². The van der Waals surface area contributed by atoms with Gasteiger partial charge in [0.05, 0.1) is 28.7 Å². The minimum Gasteiger partial charge on any atom is -0.383 e. The molecule has 0 radical (unpaired) electrons. The smallest absolute Gasteiger partial charge is 0.269 e. The average Bonchev–Trinajstić information content (AvgIpc) is 3.08. The Morgan fingerprint density at radius 2 is 2.32 bits per heavy atom. The molecule has 2 heterocycles. The molecule has 25 heavy (non-hydrogen) atoms. The summed E-state index contributed by atoms with van der Waals surface area (Å²) in [6.45, 7) is 0.864. The highest BCUT2D eigenvalue weighted by Gasteiger charge is 2.21. The maximum absolute atomic E-state index is 12.7. The second kappa shape index (κ2) is 8.03. The maximum Gasteiger partial charge on any atom is 0.269 e. The number of nitro groups is 1. The van der Waals surface area contributed by atoms with Gasteiger partial charge < -0.3 is 4.74 Å². The van der Waals surface area contributed by atoms with Gasteiger partial charge in [-0.1, -0.05) is 23.9 Å².